The molecular weight excluding hydrogens is 194 g/mol. The molecule has 4 nitrogen and oxygen atoms in total. The summed E-state index contributed by atoms with van der Waals surface area (Å²) in [6.45, 7) is 3.75. The van der Waals surface area contributed by atoms with Gasteiger partial charge in [0.15, 0.2) is 11.5 Å². The molecule has 0 fully saturated rings. The first kappa shape index (κ1) is 10.3. The van der Waals surface area contributed by atoms with Crippen LogP contribution in [0.3, 0.4) is 0 Å². The van der Waals surface area contributed by atoms with E-state index in [1.54, 1.807) is 0 Å². The summed E-state index contributed by atoms with van der Waals surface area (Å²) in [7, 11) is 0. The lowest BCUT2D eigenvalue weighted by Gasteiger charge is -2.22. The average molecular weight is 209 g/mol. The van der Waals surface area contributed by atoms with Gasteiger partial charge in [0.05, 0.1) is 6.61 Å². The zero-order valence-electron chi connectivity index (χ0n) is 8.79. The minimum atomic E-state index is 0.487. The van der Waals surface area contributed by atoms with Gasteiger partial charge in [-0.05, 0) is 18.6 Å². The van der Waals surface area contributed by atoms with Gasteiger partial charge in [0.2, 0.25) is 0 Å². The fourth-order valence-electron chi connectivity index (χ4n) is 1.74. The van der Waals surface area contributed by atoms with Crippen molar-refractivity contribution in [1.82, 2.24) is 0 Å². The first-order valence-corrected chi connectivity index (χ1v) is 5.02. The van der Waals surface area contributed by atoms with Crippen molar-refractivity contribution in [2.75, 3.05) is 19.8 Å². The van der Waals surface area contributed by atoms with Crippen LogP contribution in [0, 0.1) is 6.92 Å². The summed E-state index contributed by atoms with van der Waals surface area (Å²) in [4.78, 5) is 4.60. The summed E-state index contributed by atoms with van der Waals surface area (Å²) in [5, 5.41) is 0. The van der Waals surface area contributed by atoms with Gasteiger partial charge in [-0.1, -0.05) is 6.07 Å². The molecule has 0 saturated carbocycles. The van der Waals surface area contributed by atoms with E-state index in [0.717, 1.165) is 23.5 Å². The van der Waals surface area contributed by atoms with Crippen molar-refractivity contribution < 1.29 is 14.3 Å². The Bertz CT molecular complexity index is 352. The maximum Gasteiger partial charge on any atom is 0.164 e. The van der Waals surface area contributed by atoms with Crippen LogP contribution in [0.5, 0.6) is 11.5 Å². The number of hydrogen-bond donors (Lipinski definition) is 1. The first-order chi connectivity index (χ1) is 7.33. The maximum absolute atomic E-state index is 5.61. The fourth-order valence-corrected chi connectivity index (χ4v) is 1.74. The average Bonchev–Trinajstić information content (AvgIpc) is 2.28. The molecule has 1 heterocycles. The fraction of sp³-hybridized carbons (Fsp3) is 0.455. The van der Waals surface area contributed by atoms with E-state index in [4.69, 9.17) is 15.4 Å². The summed E-state index contributed by atoms with van der Waals surface area (Å²) in [6.07, 6.45) is 0.745. The van der Waals surface area contributed by atoms with E-state index in [9.17, 15) is 0 Å². The molecule has 1 aromatic rings. The summed E-state index contributed by atoms with van der Waals surface area (Å²) in [5.74, 6) is 6.69. The lowest BCUT2D eigenvalue weighted by atomic mass is 10.0. The molecule has 0 atom stereocenters. The molecule has 0 saturated heterocycles. The number of benzene rings is 1. The molecule has 82 valence electrons. The Labute approximate surface area is 88.9 Å². The van der Waals surface area contributed by atoms with Crippen molar-refractivity contribution in [3.05, 3.63) is 23.3 Å². The highest BCUT2D eigenvalue weighted by molar-refractivity contribution is 5.51. The van der Waals surface area contributed by atoms with Crippen LogP contribution >= 0.6 is 0 Å². The zero-order chi connectivity index (χ0) is 10.7. The Balaban J connectivity index is 2.32. The van der Waals surface area contributed by atoms with E-state index in [1.807, 2.05) is 19.1 Å². The molecule has 0 spiro atoms. The van der Waals surface area contributed by atoms with Gasteiger partial charge in [-0.2, -0.15) is 0 Å². The van der Waals surface area contributed by atoms with E-state index in [0.29, 0.717) is 19.8 Å². The molecule has 15 heavy (non-hydrogen) atoms. The van der Waals surface area contributed by atoms with Crippen molar-refractivity contribution in [3.63, 3.8) is 0 Å². The molecule has 0 radical (unpaired) electrons. The summed E-state index contributed by atoms with van der Waals surface area (Å²) < 4.78 is 11.1. The van der Waals surface area contributed by atoms with E-state index >= 15 is 0 Å². The van der Waals surface area contributed by atoms with Gasteiger partial charge in [0, 0.05) is 12.0 Å². The third kappa shape index (κ3) is 2.06. The molecule has 0 aromatic heterocycles. The van der Waals surface area contributed by atoms with Gasteiger partial charge >= 0.3 is 0 Å². The summed E-state index contributed by atoms with van der Waals surface area (Å²) in [6, 6.07) is 3.97. The van der Waals surface area contributed by atoms with Crippen molar-refractivity contribution >= 4 is 0 Å². The monoisotopic (exact) mass is 209 g/mol. The number of fused-ring (bicyclic) bond motifs is 1. The van der Waals surface area contributed by atoms with Crippen molar-refractivity contribution in [1.29, 1.82) is 0 Å². The topological polar surface area (TPSA) is 53.7 Å². The maximum atomic E-state index is 5.61. The van der Waals surface area contributed by atoms with E-state index in [-0.39, 0.29) is 0 Å². The van der Waals surface area contributed by atoms with Crippen LogP contribution in [0.4, 0.5) is 0 Å². The normalized spacial score (nSPS) is 14.0. The van der Waals surface area contributed by atoms with Crippen molar-refractivity contribution in [3.8, 4) is 11.5 Å². The number of rotatable bonds is 3. The highest BCUT2D eigenvalue weighted by Crippen LogP contribution is 2.35. The van der Waals surface area contributed by atoms with Crippen molar-refractivity contribution in [2.45, 2.75) is 13.3 Å². The largest absolute Gasteiger partial charge is 0.486 e. The van der Waals surface area contributed by atoms with Crippen LogP contribution in [0.2, 0.25) is 0 Å². The molecule has 2 rings (SSSR count). The Kier molecular flexibility index (Phi) is 3.08. The third-order valence-electron chi connectivity index (χ3n) is 2.52. The van der Waals surface area contributed by atoms with Crippen molar-refractivity contribution in [2.24, 2.45) is 5.90 Å². The smallest absolute Gasteiger partial charge is 0.164 e. The van der Waals surface area contributed by atoms with Gasteiger partial charge in [-0.15, -0.1) is 0 Å². The second-order valence-corrected chi connectivity index (χ2v) is 3.51. The molecule has 0 aliphatic carbocycles. The van der Waals surface area contributed by atoms with Gasteiger partial charge < -0.3 is 14.3 Å². The van der Waals surface area contributed by atoms with Gasteiger partial charge in [0.25, 0.3) is 0 Å². The number of aryl methyl sites for hydroxylation is 1. The van der Waals surface area contributed by atoms with Crippen LogP contribution in [0.25, 0.3) is 0 Å². The minimum Gasteiger partial charge on any atom is -0.486 e. The summed E-state index contributed by atoms with van der Waals surface area (Å²) in [5.41, 5.74) is 2.30. The molecular formula is C11H15NO3. The SMILES string of the molecule is Cc1ccc2c(c1CCON)OCCO2. The molecule has 4 heteroatoms. The molecule has 0 amide bonds. The Hall–Kier alpha value is -1.26. The standard InChI is InChI=1S/C11H15NO3/c1-8-2-3-10-11(14-7-6-13-10)9(8)4-5-15-12/h2-3H,4-7,12H2,1H3. The van der Waals surface area contributed by atoms with Crippen LogP contribution in [0.15, 0.2) is 12.1 Å². The highest BCUT2D eigenvalue weighted by Gasteiger charge is 2.17. The molecule has 0 bridgehead atoms. The number of nitrogens with two attached hydrogens (primary N) is 1. The lowest BCUT2D eigenvalue weighted by molar-refractivity contribution is 0.137. The Morgan fingerprint density at radius 1 is 1.33 bits per heavy atom. The second kappa shape index (κ2) is 4.51. The zero-order valence-corrected chi connectivity index (χ0v) is 8.79. The van der Waals surface area contributed by atoms with Gasteiger partial charge in [-0.3, -0.25) is 0 Å². The van der Waals surface area contributed by atoms with E-state index in [1.165, 1.54) is 5.56 Å². The molecule has 0 unspecified atom stereocenters. The first-order valence-electron chi connectivity index (χ1n) is 5.02. The quantitative estimate of drug-likeness (QED) is 0.760. The predicted octanol–water partition coefficient (Wildman–Crippen LogP) is 1.20. The number of hydrogen-bond acceptors (Lipinski definition) is 4. The van der Waals surface area contributed by atoms with E-state index in [2.05, 4.69) is 4.84 Å². The molecule has 1 aromatic carbocycles. The summed E-state index contributed by atoms with van der Waals surface area (Å²) >= 11 is 0. The van der Waals surface area contributed by atoms with E-state index < -0.39 is 0 Å². The second-order valence-electron chi connectivity index (χ2n) is 3.51. The Morgan fingerprint density at radius 3 is 2.93 bits per heavy atom. The number of ether oxygens (including phenoxy) is 2. The highest BCUT2D eigenvalue weighted by atomic mass is 16.6. The lowest BCUT2D eigenvalue weighted by Crippen LogP contribution is -2.17. The molecule has 2 N–H and O–H groups in total. The molecule has 1 aliphatic rings. The predicted molar refractivity (Wildman–Crippen MR) is 56.0 cm³/mol. The third-order valence-corrected chi connectivity index (χ3v) is 2.52. The van der Waals surface area contributed by atoms with Crippen LogP contribution in [0.1, 0.15) is 11.1 Å². The molecule has 1 aliphatic heterocycles. The Morgan fingerprint density at radius 2 is 2.13 bits per heavy atom. The van der Waals surface area contributed by atoms with Crippen LogP contribution in [-0.4, -0.2) is 19.8 Å². The van der Waals surface area contributed by atoms with Crippen LogP contribution in [-0.2, 0) is 11.3 Å². The minimum absolute atomic E-state index is 0.487. The van der Waals surface area contributed by atoms with Gasteiger partial charge in [-0.25, -0.2) is 5.90 Å². The van der Waals surface area contributed by atoms with Crippen LogP contribution < -0.4 is 15.4 Å². The van der Waals surface area contributed by atoms with Gasteiger partial charge in [0.1, 0.15) is 13.2 Å².